The maximum atomic E-state index is 14.4. The minimum atomic E-state index is -0.965. The Morgan fingerprint density at radius 2 is 2.16 bits per heavy atom. The van der Waals surface area contributed by atoms with E-state index in [9.17, 15) is 19.6 Å². The van der Waals surface area contributed by atoms with Crippen LogP contribution >= 0.6 is 0 Å². The van der Waals surface area contributed by atoms with Crippen LogP contribution in [0, 0.1) is 24.1 Å². The molecule has 1 atom stereocenters. The van der Waals surface area contributed by atoms with Crippen LogP contribution in [0.1, 0.15) is 22.7 Å². The van der Waals surface area contributed by atoms with E-state index in [-0.39, 0.29) is 41.5 Å². The van der Waals surface area contributed by atoms with Gasteiger partial charge in [0, 0.05) is 23.9 Å². The highest BCUT2D eigenvalue weighted by atomic mass is 19.1. The lowest BCUT2D eigenvalue weighted by molar-refractivity contribution is 0.272. The van der Waals surface area contributed by atoms with Crippen molar-refractivity contribution in [3.63, 3.8) is 0 Å². The van der Waals surface area contributed by atoms with Crippen molar-refractivity contribution >= 4 is 0 Å². The summed E-state index contributed by atoms with van der Waals surface area (Å²) >= 11 is 0. The molecule has 1 aliphatic rings. The number of halogens is 1. The summed E-state index contributed by atoms with van der Waals surface area (Å²) in [7, 11) is 0. The molecule has 0 saturated carbocycles. The molecule has 2 aromatic rings. The van der Waals surface area contributed by atoms with E-state index in [0.29, 0.717) is 5.69 Å². The molecule has 7 heteroatoms. The first-order valence-electron chi connectivity index (χ1n) is 7.66. The Morgan fingerprint density at radius 3 is 2.80 bits per heavy atom. The molecule has 25 heavy (non-hydrogen) atoms. The first kappa shape index (κ1) is 16.7. The monoisotopic (exact) mass is 341 g/mol. The van der Waals surface area contributed by atoms with Gasteiger partial charge in [-0.2, -0.15) is 5.26 Å². The SMILES string of the molecule is Cc1cc2c(c(=O)n1CCO)C(c1ccccc1F)C(C#N)=C(N)O2. The number of aliphatic hydroxyl groups is 1. The van der Waals surface area contributed by atoms with Crippen LogP contribution in [-0.4, -0.2) is 16.3 Å². The Hall–Kier alpha value is -3.11. The molecule has 0 radical (unpaired) electrons. The van der Waals surface area contributed by atoms with Crippen molar-refractivity contribution in [3.8, 4) is 11.8 Å². The molecule has 0 aliphatic carbocycles. The number of aryl methyl sites for hydroxylation is 1. The first-order chi connectivity index (χ1) is 12.0. The van der Waals surface area contributed by atoms with Gasteiger partial charge < -0.3 is 20.1 Å². The van der Waals surface area contributed by atoms with Gasteiger partial charge in [-0.25, -0.2) is 4.39 Å². The number of aromatic nitrogens is 1. The average molecular weight is 341 g/mol. The van der Waals surface area contributed by atoms with E-state index < -0.39 is 17.3 Å². The maximum Gasteiger partial charge on any atom is 0.258 e. The molecule has 0 saturated heterocycles. The number of allylic oxidation sites excluding steroid dienone is 1. The van der Waals surface area contributed by atoms with Crippen LogP contribution in [-0.2, 0) is 6.54 Å². The molecule has 1 aromatic heterocycles. The number of fused-ring (bicyclic) bond motifs is 1. The molecule has 3 N–H and O–H groups in total. The second kappa shape index (κ2) is 6.42. The van der Waals surface area contributed by atoms with Gasteiger partial charge in [0.25, 0.3) is 5.56 Å². The number of hydrogen-bond donors (Lipinski definition) is 2. The van der Waals surface area contributed by atoms with E-state index in [1.54, 1.807) is 19.1 Å². The Morgan fingerprint density at radius 1 is 1.44 bits per heavy atom. The van der Waals surface area contributed by atoms with Gasteiger partial charge in [-0.15, -0.1) is 0 Å². The number of nitrogens with two attached hydrogens (primary N) is 1. The molecule has 0 fully saturated rings. The molecular weight excluding hydrogens is 325 g/mol. The number of benzene rings is 1. The topological polar surface area (TPSA) is 101 Å². The van der Waals surface area contributed by atoms with Crippen LogP contribution in [0.25, 0.3) is 0 Å². The third-order valence-electron chi connectivity index (χ3n) is 4.23. The number of nitriles is 1. The molecule has 3 rings (SSSR count). The number of rotatable bonds is 3. The predicted molar refractivity (Wildman–Crippen MR) is 88.2 cm³/mol. The van der Waals surface area contributed by atoms with Crippen molar-refractivity contribution < 1.29 is 14.2 Å². The van der Waals surface area contributed by atoms with Crippen LogP contribution in [0.2, 0.25) is 0 Å². The third kappa shape index (κ3) is 2.66. The number of nitrogens with zero attached hydrogens (tertiary/aromatic N) is 2. The highest BCUT2D eigenvalue weighted by Gasteiger charge is 2.35. The summed E-state index contributed by atoms with van der Waals surface area (Å²) in [5, 5.41) is 18.7. The fourth-order valence-electron chi connectivity index (χ4n) is 3.08. The number of aliphatic hydroxyl groups excluding tert-OH is 1. The quantitative estimate of drug-likeness (QED) is 0.881. The zero-order valence-electron chi connectivity index (χ0n) is 13.5. The molecule has 0 amide bonds. The zero-order valence-corrected chi connectivity index (χ0v) is 13.5. The van der Waals surface area contributed by atoms with E-state index in [2.05, 4.69) is 0 Å². The molecule has 1 aromatic carbocycles. The van der Waals surface area contributed by atoms with Gasteiger partial charge >= 0.3 is 0 Å². The van der Waals surface area contributed by atoms with Crippen molar-refractivity contribution in [2.45, 2.75) is 19.4 Å². The zero-order chi connectivity index (χ0) is 18.1. The Labute approximate surface area is 143 Å². The van der Waals surface area contributed by atoms with Gasteiger partial charge in [-0.05, 0) is 13.0 Å². The average Bonchev–Trinajstić information content (AvgIpc) is 2.58. The van der Waals surface area contributed by atoms with Crippen molar-refractivity contribution in [3.05, 3.63) is 74.8 Å². The smallest absolute Gasteiger partial charge is 0.258 e. The van der Waals surface area contributed by atoms with Crippen LogP contribution in [0.5, 0.6) is 5.75 Å². The number of hydrogen-bond acceptors (Lipinski definition) is 5. The fourth-order valence-corrected chi connectivity index (χ4v) is 3.08. The molecule has 128 valence electrons. The minimum Gasteiger partial charge on any atom is -0.440 e. The molecule has 1 unspecified atom stereocenters. The maximum absolute atomic E-state index is 14.4. The van der Waals surface area contributed by atoms with Crippen LogP contribution < -0.4 is 16.0 Å². The molecule has 1 aliphatic heterocycles. The summed E-state index contributed by atoms with van der Waals surface area (Å²) in [5.74, 6) is -1.47. The van der Waals surface area contributed by atoms with E-state index in [4.69, 9.17) is 10.5 Å². The Kier molecular flexibility index (Phi) is 4.30. The second-order valence-electron chi connectivity index (χ2n) is 5.69. The second-order valence-corrected chi connectivity index (χ2v) is 5.69. The lowest BCUT2D eigenvalue weighted by Gasteiger charge is -2.27. The van der Waals surface area contributed by atoms with Crippen molar-refractivity contribution in [1.82, 2.24) is 4.57 Å². The molecular formula is C18H16FN3O3. The predicted octanol–water partition coefficient (Wildman–Crippen LogP) is 1.51. The summed E-state index contributed by atoms with van der Waals surface area (Å²) in [5.41, 5.74) is 6.25. The lowest BCUT2D eigenvalue weighted by atomic mass is 9.83. The normalized spacial score (nSPS) is 16.2. The van der Waals surface area contributed by atoms with Crippen molar-refractivity contribution in [2.75, 3.05) is 6.61 Å². The highest BCUT2D eigenvalue weighted by Crippen LogP contribution is 2.41. The van der Waals surface area contributed by atoms with Crippen LogP contribution in [0.15, 0.2) is 46.6 Å². The van der Waals surface area contributed by atoms with Crippen molar-refractivity contribution in [2.24, 2.45) is 5.73 Å². The van der Waals surface area contributed by atoms with Gasteiger partial charge in [-0.3, -0.25) is 4.79 Å². The minimum absolute atomic E-state index is 0.0194. The molecule has 2 heterocycles. The van der Waals surface area contributed by atoms with E-state index in [0.717, 1.165) is 0 Å². The summed E-state index contributed by atoms with van der Waals surface area (Å²) in [4.78, 5) is 13.0. The number of ether oxygens (including phenoxy) is 1. The standard InChI is InChI=1S/C18H16FN3O3/c1-10-8-14-16(18(24)22(10)6-7-23)15(12(9-20)17(21)25-14)11-4-2-3-5-13(11)19/h2-5,8,15,23H,6-7,21H2,1H3. The van der Waals surface area contributed by atoms with Gasteiger partial charge in [0.15, 0.2) is 0 Å². The molecule has 0 bridgehead atoms. The van der Waals surface area contributed by atoms with Crippen LogP contribution in [0.3, 0.4) is 0 Å². The van der Waals surface area contributed by atoms with Gasteiger partial charge in [0.2, 0.25) is 5.88 Å². The van der Waals surface area contributed by atoms with E-state index in [1.807, 2.05) is 6.07 Å². The first-order valence-corrected chi connectivity index (χ1v) is 7.66. The largest absolute Gasteiger partial charge is 0.440 e. The fraction of sp³-hybridized carbons (Fsp3) is 0.222. The van der Waals surface area contributed by atoms with Gasteiger partial charge in [-0.1, -0.05) is 18.2 Å². The van der Waals surface area contributed by atoms with Crippen molar-refractivity contribution in [1.29, 1.82) is 5.26 Å². The highest BCUT2D eigenvalue weighted by molar-refractivity contribution is 5.55. The Balaban J connectivity index is 2.35. The summed E-state index contributed by atoms with van der Waals surface area (Å²) < 4.78 is 21.2. The summed E-state index contributed by atoms with van der Waals surface area (Å²) in [6.45, 7) is 1.55. The number of pyridine rings is 1. The molecule has 0 spiro atoms. The third-order valence-corrected chi connectivity index (χ3v) is 4.23. The summed E-state index contributed by atoms with van der Waals surface area (Å²) in [6, 6.07) is 9.45. The van der Waals surface area contributed by atoms with Crippen LogP contribution in [0.4, 0.5) is 4.39 Å². The lowest BCUT2D eigenvalue weighted by Crippen LogP contribution is -2.33. The molecule has 6 nitrogen and oxygen atoms in total. The van der Waals surface area contributed by atoms with E-state index >= 15 is 0 Å². The van der Waals surface area contributed by atoms with E-state index in [1.165, 1.54) is 22.8 Å². The van der Waals surface area contributed by atoms with Gasteiger partial charge in [0.1, 0.15) is 23.2 Å². The van der Waals surface area contributed by atoms with Gasteiger partial charge in [0.05, 0.1) is 18.1 Å². The Bertz CT molecular complexity index is 973. The summed E-state index contributed by atoms with van der Waals surface area (Å²) in [6.07, 6.45) is 0.